The number of rotatable bonds is 4. The molecular formula is C10H9BrN4O3. The van der Waals surface area contributed by atoms with Gasteiger partial charge in [0.05, 0.1) is 7.11 Å². The topological polar surface area (TPSA) is 89.3 Å². The lowest BCUT2D eigenvalue weighted by Gasteiger charge is -2.06. The van der Waals surface area contributed by atoms with Crippen LogP contribution in [0.4, 0.5) is 5.95 Å². The minimum absolute atomic E-state index is 0.164. The van der Waals surface area contributed by atoms with Crippen LogP contribution < -0.4 is 15.6 Å². The van der Waals surface area contributed by atoms with Crippen LogP contribution in [0.3, 0.4) is 0 Å². The Labute approximate surface area is 111 Å². The molecule has 2 rings (SSSR count). The number of carbonyl (C=O) groups is 1. The summed E-state index contributed by atoms with van der Waals surface area (Å²) in [5.74, 6) is 0.334. The Morgan fingerprint density at radius 2 is 2.28 bits per heavy atom. The number of halogens is 1. The van der Waals surface area contributed by atoms with E-state index in [0.717, 1.165) is 0 Å². The predicted octanol–water partition coefficient (Wildman–Crippen LogP) is 1.60. The molecule has 0 saturated heterocycles. The highest BCUT2D eigenvalue weighted by atomic mass is 79.9. The number of hydrogen-bond acceptors (Lipinski definition) is 6. The third-order valence-corrected chi connectivity index (χ3v) is 2.35. The first kappa shape index (κ1) is 12.4. The largest absolute Gasteiger partial charge is 0.481 e. The van der Waals surface area contributed by atoms with Crippen LogP contribution in [-0.2, 0) is 0 Å². The molecule has 2 N–H and O–H groups in total. The Balaban J connectivity index is 1.97. The minimum atomic E-state index is -0.438. The van der Waals surface area contributed by atoms with Crippen LogP contribution in [0, 0.1) is 0 Å². The first-order valence-corrected chi connectivity index (χ1v) is 5.67. The van der Waals surface area contributed by atoms with Crippen molar-refractivity contribution in [2.75, 3.05) is 12.5 Å². The molecule has 18 heavy (non-hydrogen) atoms. The first-order chi connectivity index (χ1) is 8.69. The summed E-state index contributed by atoms with van der Waals surface area (Å²) in [5, 5.41) is 0. The van der Waals surface area contributed by atoms with Gasteiger partial charge in [-0.25, -0.2) is 4.98 Å². The van der Waals surface area contributed by atoms with E-state index in [9.17, 15) is 4.79 Å². The number of hydrogen-bond donors (Lipinski definition) is 2. The van der Waals surface area contributed by atoms with Gasteiger partial charge in [-0.05, 0) is 28.1 Å². The fourth-order valence-corrected chi connectivity index (χ4v) is 1.43. The van der Waals surface area contributed by atoms with Gasteiger partial charge in [0.15, 0.2) is 10.4 Å². The smallest absolute Gasteiger partial charge is 0.305 e. The molecule has 1 amide bonds. The molecule has 0 unspecified atom stereocenters. The van der Waals surface area contributed by atoms with Crippen LogP contribution in [0.15, 0.2) is 33.5 Å². The Kier molecular flexibility index (Phi) is 3.78. The van der Waals surface area contributed by atoms with Gasteiger partial charge in [-0.2, -0.15) is 4.98 Å². The van der Waals surface area contributed by atoms with Gasteiger partial charge < -0.3 is 9.15 Å². The van der Waals surface area contributed by atoms with Gasteiger partial charge in [0.25, 0.3) is 0 Å². The Hall–Kier alpha value is -2.09. The second-order valence-electron chi connectivity index (χ2n) is 3.11. The number of furan rings is 1. The number of ether oxygens (including phenoxy) is 1. The van der Waals surface area contributed by atoms with E-state index in [2.05, 4.69) is 36.7 Å². The van der Waals surface area contributed by atoms with Gasteiger partial charge in [0.1, 0.15) is 0 Å². The number of anilines is 1. The molecule has 0 aliphatic carbocycles. The second kappa shape index (κ2) is 5.50. The summed E-state index contributed by atoms with van der Waals surface area (Å²) in [5.41, 5.74) is 4.95. The van der Waals surface area contributed by atoms with Gasteiger partial charge in [0, 0.05) is 12.3 Å². The van der Waals surface area contributed by atoms with E-state index in [-0.39, 0.29) is 11.7 Å². The van der Waals surface area contributed by atoms with E-state index in [1.165, 1.54) is 19.4 Å². The Bertz CT molecular complexity index is 558. The number of nitrogens with zero attached hydrogens (tertiary/aromatic N) is 2. The van der Waals surface area contributed by atoms with Crippen molar-refractivity contribution in [3.63, 3.8) is 0 Å². The lowest BCUT2D eigenvalue weighted by molar-refractivity contribution is 0.0933. The maximum absolute atomic E-state index is 11.6. The molecule has 0 saturated carbocycles. The van der Waals surface area contributed by atoms with Crippen molar-refractivity contribution in [1.29, 1.82) is 0 Å². The van der Waals surface area contributed by atoms with Crippen molar-refractivity contribution in [2.24, 2.45) is 0 Å². The summed E-state index contributed by atoms with van der Waals surface area (Å²) in [4.78, 5) is 19.5. The number of hydrazine groups is 1. The van der Waals surface area contributed by atoms with Crippen LogP contribution >= 0.6 is 15.9 Å². The third kappa shape index (κ3) is 2.98. The first-order valence-electron chi connectivity index (χ1n) is 4.88. The van der Waals surface area contributed by atoms with Crippen LogP contribution in [0.25, 0.3) is 0 Å². The molecule has 2 aromatic heterocycles. The van der Waals surface area contributed by atoms with Gasteiger partial charge in [-0.15, -0.1) is 0 Å². The average Bonchev–Trinajstić information content (AvgIpc) is 2.83. The molecule has 94 valence electrons. The van der Waals surface area contributed by atoms with Gasteiger partial charge >= 0.3 is 5.91 Å². The SMILES string of the molecule is COc1ccnc(NNC(=O)c2ccc(Br)o2)n1. The summed E-state index contributed by atoms with van der Waals surface area (Å²) in [6.45, 7) is 0. The molecule has 0 aliphatic heterocycles. The number of nitrogens with one attached hydrogen (secondary N) is 2. The maximum Gasteiger partial charge on any atom is 0.305 e. The Morgan fingerprint density at radius 1 is 1.44 bits per heavy atom. The van der Waals surface area contributed by atoms with E-state index in [0.29, 0.717) is 10.5 Å². The molecule has 2 aromatic rings. The van der Waals surface area contributed by atoms with Crippen LogP contribution in [0.5, 0.6) is 5.88 Å². The molecule has 0 bridgehead atoms. The maximum atomic E-state index is 11.6. The molecule has 0 spiro atoms. The normalized spacial score (nSPS) is 9.89. The van der Waals surface area contributed by atoms with Gasteiger partial charge in [0.2, 0.25) is 11.8 Å². The third-order valence-electron chi connectivity index (χ3n) is 1.92. The van der Waals surface area contributed by atoms with Crippen molar-refractivity contribution >= 4 is 27.8 Å². The van der Waals surface area contributed by atoms with E-state index in [1.807, 2.05) is 0 Å². The molecule has 2 heterocycles. The molecule has 0 aromatic carbocycles. The second-order valence-corrected chi connectivity index (χ2v) is 3.89. The zero-order valence-corrected chi connectivity index (χ0v) is 10.9. The van der Waals surface area contributed by atoms with Gasteiger partial charge in [-0.1, -0.05) is 0 Å². The molecule has 0 radical (unpaired) electrons. The van der Waals surface area contributed by atoms with Crippen molar-refractivity contribution in [3.8, 4) is 5.88 Å². The van der Waals surface area contributed by atoms with Crippen molar-refractivity contribution in [3.05, 3.63) is 34.8 Å². The molecule has 0 aliphatic rings. The number of carbonyl (C=O) groups excluding carboxylic acids is 1. The highest BCUT2D eigenvalue weighted by Crippen LogP contribution is 2.13. The van der Waals surface area contributed by atoms with Crippen molar-refractivity contribution in [1.82, 2.24) is 15.4 Å². The summed E-state index contributed by atoms with van der Waals surface area (Å²) in [6, 6.07) is 4.75. The van der Waals surface area contributed by atoms with Crippen molar-refractivity contribution < 1.29 is 13.9 Å². The zero-order valence-electron chi connectivity index (χ0n) is 9.31. The quantitative estimate of drug-likeness (QED) is 0.833. The minimum Gasteiger partial charge on any atom is -0.481 e. The van der Waals surface area contributed by atoms with Crippen LogP contribution in [0.2, 0.25) is 0 Å². The number of amides is 1. The predicted molar refractivity (Wildman–Crippen MR) is 66.1 cm³/mol. The highest BCUT2D eigenvalue weighted by molar-refractivity contribution is 9.10. The fraction of sp³-hybridized carbons (Fsp3) is 0.100. The van der Waals surface area contributed by atoms with E-state index in [4.69, 9.17) is 9.15 Å². The number of methoxy groups -OCH3 is 1. The van der Waals surface area contributed by atoms with Crippen molar-refractivity contribution in [2.45, 2.75) is 0 Å². The summed E-state index contributed by atoms with van der Waals surface area (Å²) >= 11 is 3.11. The summed E-state index contributed by atoms with van der Waals surface area (Å²) in [6.07, 6.45) is 1.50. The standard InChI is InChI=1S/C10H9BrN4O3/c1-17-8-4-5-12-10(13-8)15-14-9(16)6-2-3-7(11)18-6/h2-5H,1H3,(H,14,16)(H,12,13,15). The fourth-order valence-electron chi connectivity index (χ4n) is 1.13. The van der Waals surface area contributed by atoms with E-state index >= 15 is 0 Å². The molecular weight excluding hydrogens is 304 g/mol. The monoisotopic (exact) mass is 312 g/mol. The summed E-state index contributed by atoms with van der Waals surface area (Å²) < 4.78 is 10.5. The lowest BCUT2D eigenvalue weighted by atomic mass is 10.4. The van der Waals surface area contributed by atoms with Crippen LogP contribution in [-0.4, -0.2) is 23.0 Å². The molecule has 0 atom stereocenters. The average molecular weight is 313 g/mol. The lowest BCUT2D eigenvalue weighted by Crippen LogP contribution is -2.30. The number of aromatic nitrogens is 2. The molecule has 0 fully saturated rings. The highest BCUT2D eigenvalue weighted by Gasteiger charge is 2.10. The van der Waals surface area contributed by atoms with Gasteiger partial charge in [-0.3, -0.25) is 15.6 Å². The van der Waals surface area contributed by atoms with Crippen LogP contribution in [0.1, 0.15) is 10.6 Å². The molecule has 8 heteroatoms. The molecule has 7 nitrogen and oxygen atoms in total. The van der Waals surface area contributed by atoms with E-state index < -0.39 is 5.91 Å². The van der Waals surface area contributed by atoms with E-state index in [1.54, 1.807) is 12.1 Å². The Morgan fingerprint density at radius 3 is 2.94 bits per heavy atom. The zero-order chi connectivity index (χ0) is 13.0. The summed E-state index contributed by atoms with van der Waals surface area (Å²) in [7, 11) is 1.49.